The molecule has 1 aliphatic rings. The molecule has 0 bridgehead atoms. The number of nitrogens with one attached hydrogen (secondary N) is 1. The minimum absolute atomic E-state index is 0.00533. The van der Waals surface area contributed by atoms with Gasteiger partial charge in [-0.3, -0.25) is 4.79 Å². The van der Waals surface area contributed by atoms with Gasteiger partial charge in [-0.25, -0.2) is 4.68 Å². The van der Waals surface area contributed by atoms with Gasteiger partial charge >= 0.3 is 0 Å². The second-order valence-electron chi connectivity index (χ2n) is 4.48. The smallest absolute Gasteiger partial charge is 0.268 e. The maximum absolute atomic E-state index is 11.7. The molecular weight excluding hydrogens is 202 g/mol. The molecule has 4 nitrogen and oxygen atoms in total. The van der Waals surface area contributed by atoms with Crippen LogP contribution in [0.25, 0.3) is 0 Å². The molecule has 4 heteroatoms. The summed E-state index contributed by atoms with van der Waals surface area (Å²) >= 11 is 0. The predicted molar refractivity (Wildman–Crippen MR) is 64.6 cm³/mol. The van der Waals surface area contributed by atoms with Gasteiger partial charge in [0, 0.05) is 19.2 Å². The van der Waals surface area contributed by atoms with Crippen molar-refractivity contribution in [2.75, 3.05) is 11.9 Å². The summed E-state index contributed by atoms with van der Waals surface area (Å²) in [5.74, 6) is 0.808. The van der Waals surface area contributed by atoms with Gasteiger partial charge in [0.2, 0.25) is 0 Å². The summed E-state index contributed by atoms with van der Waals surface area (Å²) in [6.45, 7) is 3.80. The van der Waals surface area contributed by atoms with Crippen LogP contribution >= 0.6 is 0 Å². The van der Waals surface area contributed by atoms with Crippen LogP contribution in [-0.2, 0) is 6.54 Å². The Morgan fingerprint density at radius 2 is 2.38 bits per heavy atom. The van der Waals surface area contributed by atoms with Crippen molar-refractivity contribution in [3.05, 3.63) is 22.6 Å². The number of hydrogen-bond donors (Lipinski definition) is 1. The molecule has 1 heterocycles. The number of hydrogen-bond acceptors (Lipinski definition) is 3. The molecule has 1 saturated carbocycles. The lowest BCUT2D eigenvalue weighted by molar-refractivity contribution is 0.543. The van der Waals surface area contributed by atoms with E-state index in [1.54, 1.807) is 12.3 Å². The van der Waals surface area contributed by atoms with E-state index in [-0.39, 0.29) is 5.56 Å². The van der Waals surface area contributed by atoms with Gasteiger partial charge in [0.1, 0.15) is 0 Å². The summed E-state index contributed by atoms with van der Waals surface area (Å²) in [5.41, 5.74) is 0.846. The summed E-state index contributed by atoms with van der Waals surface area (Å²) in [4.78, 5) is 11.7. The van der Waals surface area contributed by atoms with Gasteiger partial charge in [-0.1, -0.05) is 13.3 Å². The highest BCUT2D eigenvalue weighted by Crippen LogP contribution is 2.28. The van der Waals surface area contributed by atoms with Crippen molar-refractivity contribution in [3.8, 4) is 0 Å². The van der Waals surface area contributed by atoms with E-state index in [1.807, 2.05) is 0 Å². The van der Waals surface area contributed by atoms with Crippen molar-refractivity contribution in [1.82, 2.24) is 9.78 Å². The molecule has 1 N–H and O–H groups in total. The maximum Gasteiger partial charge on any atom is 0.268 e. The molecule has 0 atom stereocenters. The Bertz CT molecular complexity index is 395. The molecule has 0 radical (unpaired) electrons. The van der Waals surface area contributed by atoms with E-state index in [2.05, 4.69) is 17.3 Å². The second kappa shape index (κ2) is 5.14. The van der Waals surface area contributed by atoms with Crippen molar-refractivity contribution in [2.24, 2.45) is 5.92 Å². The minimum Gasteiger partial charge on any atom is -0.383 e. The van der Waals surface area contributed by atoms with Crippen LogP contribution in [-0.4, -0.2) is 16.3 Å². The topological polar surface area (TPSA) is 46.9 Å². The standard InChI is InChI=1S/C12H19N3O/c1-2-3-6-15-12(16)7-11(9-14-15)13-8-10-4-5-10/h7,9-10,13H,2-6,8H2,1H3. The molecule has 1 aliphatic carbocycles. The van der Waals surface area contributed by atoms with Gasteiger partial charge in [0.15, 0.2) is 0 Å². The summed E-state index contributed by atoms with van der Waals surface area (Å²) in [7, 11) is 0. The summed E-state index contributed by atoms with van der Waals surface area (Å²) in [6.07, 6.45) is 6.46. The summed E-state index contributed by atoms with van der Waals surface area (Å²) in [5, 5.41) is 7.41. The third-order valence-corrected chi connectivity index (χ3v) is 2.88. The fourth-order valence-corrected chi connectivity index (χ4v) is 1.59. The average Bonchev–Trinajstić information content (AvgIpc) is 3.09. The molecule has 0 spiro atoms. The molecular formula is C12H19N3O. The number of aryl methyl sites for hydroxylation is 1. The third-order valence-electron chi connectivity index (χ3n) is 2.88. The molecule has 1 aromatic heterocycles. The Balaban J connectivity index is 1.94. The normalized spacial score (nSPS) is 15.1. The van der Waals surface area contributed by atoms with Crippen LogP contribution < -0.4 is 10.9 Å². The highest BCUT2D eigenvalue weighted by Gasteiger charge is 2.20. The predicted octanol–water partition coefficient (Wildman–Crippen LogP) is 1.87. The van der Waals surface area contributed by atoms with Gasteiger partial charge in [-0.2, -0.15) is 5.10 Å². The van der Waals surface area contributed by atoms with Gasteiger partial charge < -0.3 is 5.32 Å². The van der Waals surface area contributed by atoms with Gasteiger partial charge in [-0.15, -0.1) is 0 Å². The molecule has 0 aromatic carbocycles. The molecule has 1 aromatic rings. The van der Waals surface area contributed by atoms with Gasteiger partial charge in [-0.05, 0) is 25.2 Å². The maximum atomic E-state index is 11.7. The van der Waals surface area contributed by atoms with Crippen molar-refractivity contribution in [2.45, 2.75) is 39.2 Å². The SMILES string of the molecule is CCCCn1ncc(NCC2CC2)cc1=O. The van der Waals surface area contributed by atoms with E-state index < -0.39 is 0 Å². The fraction of sp³-hybridized carbons (Fsp3) is 0.667. The molecule has 2 rings (SSSR count). The molecule has 0 aliphatic heterocycles. The Kier molecular flexibility index (Phi) is 3.59. The van der Waals surface area contributed by atoms with E-state index in [1.165, 1.54) is 17.5 Å². The minimum atomic E-state index is -0.00533. The first-order valence-electron chi connectivity index (χ1n) is 6.10. The summed E-state index contributed by atoms with van der Waals surface area (Å²) in [6, 6.07) is 1.64. The van der Waals surface area contributed by atoms with Crippen molar-refractivity contribution >= 4 is 5.69 Å². The summed E-state index contributed by atoms with van der Waals surface area (Å²) < 4.78 is 1.53. The third kappa shape index (κ3) is 3.08. The lowest BCUT2D eigenvalue weighted by Crippen LogP contribution is -2.22. The van der Waals surface area contributed by atoms with E-state index in [9.17, 15) is 4.79 Å². The Morgan fingerprint density at radius 3 is 3.00 bits per heavy atom. The van der Waals surface area contributed by atoms with Crippen LogP contribution in [0, 0.1) is 5.92 Å². The van der Waals surface area contributed by atoms with Gasteiger partial charge in [0.05, 0.1) is 11.9 Å². The van der Waals surface area contributed by atoms with E-state index >= 15 is 0 Å². The van der Waals surface area contributed by atoms with Crippen LogP contribution in [0.1, 0.15) is 32.6 Å². The second-order valence-corrected chi connectivity index (χ2v) is 4.48. The number of anilines is 1. The zero-order valence-corrected chi connectivity index (χ0v) is 9.78. The lowest BCUT2D eigenvalue weighted by Gasteiger charge is -2.06. The Morgan fingerprint density at radius 1 is 1.56 bits per heavy atom. The number of rotatable bonds is 6. The largest absolute Gasteiger partial charge is 0.383 e. The zero-order valence-electron chi connectivity index (χ0n) is 9.78. The molecule has 88 valence electrons. The van der Waals surface area contributed by atoms with Crippen LogP contribution in [0.2, 0.25) is 0 Å². The number of nitrogens with zero attached hydrogens (tertiary/aromatic N) is 2. The Labute approximate surface area is 95.7 Å². The van der Waals surface area contributed by atoms with E-state index in [0.717, 1.165) is 37.5 Å². The highest BCUT2D eigenvalue weighted by atomic mass is 16.1. The molecule has 1 fully saturated rings. The van der Waals surface area contributed by atoms with E-state index in [4.69, 9.17) is 0 Å². The lowest BCUT2D eigenvalue weighted by atomic mass is 10.3. The molecule has 0 saturated heterocycles. The van der Waals surface area contributed by atoms with Crippen LogP contribution in [0.3, 0.4) is 0 Å². The zero-order chi connectivity index (χ0) is 11.4. The van der Waals surface area contributed by atoms with Crippen LogP contribution in [0.5, 0.6) is 0 Å². The quantitative estimate of drug-likeness (QED) is 0.797. The Hall–Kier alpha value is -1.32. The van der Waals surface area contributed by atoms with Crippen LogP contribution in [0.15, 0.2) is 17.1 Å². The van der Waals surface area contributed by atoms with Crippen molar-refractivity contribution < 1.29 is 0 Å². The van der Waals surface area contributed by atoms with Gasteiger partial charge in [0.25, 0.3) is 5.56 Å². The fourth-order valence-electron chi connectivity index (χ4n) is 1.59. The van der Waals surface area contributed by atoms with Crippen molar-refractivity contribution in [3.63, 3.8) is 0 Å². The first-order chi connectivity index (χ1) is 7.79. The molecule has 0 amide bonds. The van der Waals surface area contributed by atoms with Crippen LogP contribution in [0.4, 0.5) is 5.69 Å². The monoisotopic (exact) mass is 221 g/mol. The molecule has 16 heavy (non-hydrogen) atoms. The highest BCUT2D eigenvalue weighted by molar-refractivity contribution is 5.38. The average molecular weight is 221 g/mol. The molecule has 0 unspecified atom stereocenters. The number of aromatic nitrogens is 2. The van der Waals surface area contributed by atoms with Crippen molar-refractivity contribution in [1.29, 1.82) is 0 Å². The first kappa shape index (κ1) is 11.2. The van der Waals surface area contributed by atoms with E-state index in [0.29, 0.717) is 0 Å². The first-order valence-corrected chi connectivity index (χ1v) is 6.10. The number of unbranched alkanes of at least 4 members (excludes halogenated alkanes) is 1.